The number of ether oxygens (including phenoxy) is 1. The normalized spacial score (nSPS) is 24.2. The minimum Gasteiger partial charge on any atom is -0.381 e. The molecule has 2 heteroatoms. The van der Waals surface area contributed by atoms with Crippen LogP contribution in [0, 0.1) is 5.92 Å². The Morgan fingerprint density at radius 3 is 2.95 bits per heavy atom. The second kappa shape index (κ2) is 6.06. The van der Waals surface area contributed by atoms with Crippen molar-refractivity contribution in [3.63, 3.8) is 0 Å². The molecule has 1 fully saturated rings. The number of benzene rings is 1. The van der Waals surface area contributed by atoms with Crippen molar-refractivity contribution in [1.82, 2.24) is 5.32 Å². The molecular formula is C17H25NO. The molecule has 1 aliphatic heterocycles. The highest BCUT2D eigenvalue weighted by atomic mass is 16.5. The Hall–Kier alpha value is -0.860. The number of rotatable bonds is 4. The SMILES string of the molecule is CNC(Cc1ccc2c(c1)CCC2)C1CCCOC1. The van der Waals surface area contributed by atoms with Crippen LogP contribution in [0.1, 0.15) is 36.0 Å². The maximum atomic E-state index is 5.64. The Morgan fingerprint density at radius 1 is 1.26 bits per heavy atom. The maximum Gasteiger partial charge on any atom is 0.0509 e. The van der Waals surface area contributed by atoms with E-state index in [0.717, 1.165) is 19.6 Å². The van der Waals surface area contributed by atoms with Gasteiger partial charge in [0.25, 0.3) is 0 Å². The van der Waals surface area contributed by atoms with Crippen LogP contribution < -0.4 is 5.32 Å². The highest BCUT2D eigenvalue weighted by Crippen LogP contribution is 2.25. The lowest BCUT2D eigenvalue weighted by Crippen LogP contribution is -2.39. The van der Waals surface area contributed by atoms with Crippen molar-refractivity contribution in [3.05, 3.63) is 34.9 Å². The Kier molecular flexibility index (Phi) is 4.19. The molecule has 1 aliphatic carbocycles. The van der Waals surface area contributed by atoms with E-state index in [1.54, 1.807) is 11.1 Å². The first-order chi connectivity index (χ1) is 9.36. The van der Waals surface area contributed by atoms with E-state index in [4.69, 9.17) is 4.74 Å². The van der Waals surface area contributed by atoms with Gasteiger partial charge in [-0.05, 0) is 68.2 Å². The van der Waals surface area contributed by atoms with Gasteiger partial charge in [0, 0.05) is 12.6 Å². The zero-order valence-electron chi connectivity index (χ0n) is 12.0. The van der Waals surface area contributed by atoms with Crippen LogP contribution in [0.15, 0.2) is 18.2 Å². The molecule has 0 spiro atoms. The van der Waals surface area contributed by atoms with Crippen LogP contribution in [0.5, 0.6) is 0 Å². The van der Waals surface area contributed by atoms with Gasteiger partial charge in [0.15, 0.2) is 0 Å². The third kappa shape index (κ3) is 3.01. The van der Waals surface area contributed by atoms with Gasteiger partial charge in [0.2, 0.25) is 0 Å². The molecule has 0 aromatic heterocycles. The van der Waals surface area contributed by atoms with E-state index in [2.05, 4.69) is 30.6 Å². The molecule has 1 aromatic carbocycles. The van der Waals surface area contributed by atoms with Crippen molar-refractivity contribution in [2.45, 2.75) is 44.6 Å². The number of likely N-dealkylation sites (N-methyl/N-ethyl adjacent to an activating group) is 1. The van der Waals surface area contributed by atoms with Crippen molar-refractivity contribution in [3.8, 4) is 0 Å². The van der Waals surface area contributed by atoms with Gasteiger partial charge in [-0.3, -0.25) is 0 Å². The largest absolute Gasteiger partial charge is 0.381 e. The Bertz CT molecular complexity index is 423. The fraction of sp³-hybridized carbons (Fsp3) is 0.647. The van der Waals surface area contributed by atoms with Crippen LogP contribution >= 0.6 is 0 Å². The smallest absolute Gasteiger partial charge is 0.0509 e. The molecular weight excluding hydrogens is 234 g/mol. The topological polar surface area (TPSA) is 21.3 Å². The molecule has 104 valence electrons. The van der Waals surface area contributed by atoms with Crippen LogP contribution in [0.3, 0.4) is 0 Å². The summed E-state index contributed by atoms with van der Waals surface area (Å²) in [7, 11) is 2.09. The maximum absolute atomic E-state index is 5.64. The van der Waals surface area contributed by atoms with Crippen molar-refractivity contribution in [2.75, 3.05) is 20.3 Å². The fourth-order valence-corrected chi connectivity index (χ4v) is 3.59. The second-order valence-electron chi connectivity index (χ2n) is 6.03. The van der Waals surface area contributed by atoms with Gasteiger partial charge in [0.05, 0.1) is 6.61 Å². The van der Waals surface area contributed by atoms with Crippen molar-refractivity contribution in [2.24, 2.45) is 5.92 Å². The summed E-state index contributed by atoms with van der Waals surface area (Å²) in [5.74, 6) is 0.673. The van der Waals surface area contributed by atoms with Crippen LogP contribution in [-0.4, -0.2) is 26.3 Å². The monoisotopic (exact) mass is 259 g/mol. The first kappa shape index (κ1) is 13.1. The number of nitrogens with one attached hydrogen (secondary N) is 1. The number of aryl methyl sites for hydroxylation is 2. The van der Waals surface area contributed by atoms with Crippen molar-refractivity contribution >= 4 is 0 Å². The molecule has 3 rings (SSSR count). The summed E-state index contributed by atoms with van der Waals surface area (Å²) in [6.45, 7) is 1.88. The minimum absolute atomic E-state index is 0.555. The van der Waals surface area contributed by atoms with E-state index in [0.29, 0.717) is 12.0 Å². The third-order valence-corrected chi connectivity index (χ3v) is 4.75. The van der Waals surface area contributed by atoms with E-state index in [-0.39, 0.29) is 0 Å². The molecule has 2 nitrogen and oxygen atoms in total. The van der Waals surface area contributed by atoms with Gasteiger partial charge < -0.3 is 10.1 Å². The van der Waals surface area contributed by atoms with Crippen LogP contribution in [0.2, 0.25) is 0 Å². The lowest BCUT2D eigenvalue weighted by Gasteiger charge is -2.30. The molecule has 19 heavy (non-hydrogen) atoms. The van der Waals surface area contributed by atoms with E-state index < -0.39 is 0 Å². The summed E-state index contributed by atoms with van der Waals surface area (Å²) in [5, 5.41) is 3.51. The lowest BCUT2D eigenvalue weighted by atomic mass is 9.89. The standard InChI is InChI=1S/C17H25NO/c1-18-17(16-6-3-9-19-12-16)11-13-7-8-14-4-2-5-15(14)10-13/h7-8,10,16-18H,2-6,9,11-12H2,1H3. The lowest BCUT2D eigenvalue weighted by molar-refractivity contribution is 0.0405. The summed E-state index contributed by atoms with van der Waals surface area (Å²) >= 11 is 0. The summed E-state index contributed by atoms with van der Waals surface area (Å²) in [6.07, 6.45) is 7.55. The summed E-state index contributed by atoms with van der Waals surface area (Å²) < 4.78 is 5.64. The van der Waals surface area contributed by atoms with E-state index in [1.165, 1.54) is 37.7 Å². The van der Waals surface area contributed by atoms with Gasteiger partial charge in [-0.15, -0.1) is 0 Å². The molecule has 1 heterocycles. The first-order valence-corrected chi connectivity index (χ1v) is 7.72. The Labute approximate surface area is 116 Å². The average Bonchev–Trinajstić information content (AvgIpc) is 2.93. The minimum atomic E-state index is 0.555. The summed E-state index contributed by atoms with van der Waals surface area (Å²) in [6, 6.07) is 7.68. The second-order valence-corrected chi connectivity index (χ2v) is 6.03. The fourth-order valence-electron chi connectivity index (χ4n) is 3.59. The van der Waals surface area contributed by atoms with Crippen LogP contribution in [0.25, 0.3) is 0 Å². The van der Waals surface area contributed by atoms with E-state index in [1.807, 2.05) is 0 Å². The molecule has 2 aliphatic rings. The molecule has 1 N–H and O–H groups in total. The predicted octanol–water partition coefficient (Wildman–Crippen LogP) is 2.73. The van der Waals surface area contributed by atoms with Gasteiger partial charge in [0.1, 0.15) is 0 Å². The number of hydrogen-bond acceptors (Lipinski definition) is 2. The zero-order valence-corrected chi connectivity index (χ0v) is 12.0. The average molecular weight is 259 g/mol. The molecule has 0 amide bonds. The molecule has 0 saturated carbocycles. The molecule has 1 aromatic rings. The highest BCUT2D eigenvalue weighted by Gasteiger charge is 2.23. The Balaban J connectivity index is 1.68. The van der Waals surface area contributed by atoms with Gasteiger partial charge in [-0.1, -0.05) is 18.2 Å². The molecule has 0 radical (unpaired) electrons. The quantitative estimate of drug-likeness (QED) is 0.897. The first-order valence-electron chi connectivity index (χ1n) is 7.72. The molecule has 2 atom stereocenters. The van der Waals surface area contributed by atoms with Crippen molar-refractivity contribution in [1.29, 1.82) is 0 Å². The van der Waals surface area contributed by atoms with Crippen LogP contribution in [0.4, 0.5) is 0 Å². The molecule has 2 unspecified atom stereocenters. The molecule has 0 bridgehead atoms. The Morgan fingerprint density at radius 2 is 2.16 bits per heavy atom. The number of hydrogen-bond donors (Lipinski definition) is 1. The van der Waals surface area contributed by atoms with Gasteiger partial charge in [-0.25, -0.2) is 0 Å². The number of fused-ring (bicyclic) bond motifs is 1. The van der Waals surface area contributed by atoms with Gasteiger partial charge in [-0.2, -0.15) is 0 Å². The van der Waals surface area contributed by atoms with Gasteiger partial charge >= 0.3 is 0 Å². The van der Waals surface area contributed by atoms with Crippen molar-refractivity contribution < 1.29 is 4.74 Å². The molecule has 1 saturated heterocycles. The van der Waals surface area contributed by atoms with E-state index in [9.17, 15) is 0 Å². The summed E-state index contributed by atoms with van der Waals surface area (Å²) in [4.78, 5) is 0. The van der Waals surface area contributed by atoms with E-state index >= 15 is 0 Å². The van der Waals surface area contributed by atoms with Crippen LogP contribution in [-0.2, 0) is 24.0 Å². The predicted molar refractivity (Wildman–Crippen MR) is 78.6 cm³/mol. The summed E-state index contributed by atoms with van der Waals surface area (Å²) in [5.41, 5.74) is 4.66. The third-order valence-electron chi connectivity index (χ3n) is 4.75. The zero-order chi connectivity index (χ0) is 13.1. The highest BCUT2D eigenvalue weighted by molar-refractivity contribution is 5.35.